The number of aromatic nitrogens is 4. The van der Waals surface area contributed by atoms with Crippen molar-refractivity contribution < 1.29 is 9.53 Å². The molecular formula is C18H17N5O3. The molecule has 0 bridgehead atoms. The van der Waals surface area contributed by atoms with Crippen molar-refractivity contribution in [3.8, 4) is 17.4 Å². The highest BCUT2D eigenvalue weighted by Crippen LogP contribution is 2.17. The lowest BCUT2D eigenvalue weighted by Crippen LogP contribution is -2.29. The van der Waals surface area contributed by atoms with Crippen molar-refractivity contribution in [3.63, 3.8) is 0 Å². The Bertz CT molecular complexity index is 955. The zero-order valence-corrected chi connectivity index (χ0v) is 14.3. The number of benzene rings is 1. The summed E-state index contributed by atoms with van der Waals surface area (Å²) in [5.74, 6) is 0.649. The standard InChI is InChI=1S/C18H17N5O3/c1-11(12-4-6-13(26-2)7-5-12)21-18(25)14-10-15(24)23-17(22-14)16-19-8-3-9-20-16/h3-11H,1-2H3,(H,21,25)(H,22,23,24)/t11-/m1/s1. The molecule has 0 radical (unpaired) electrons. The third-order valence-corrected chi connectivity index (χ3v) is 3.72. The molecule has 2 N–H and O–H groups in total. The SMILES string of the molecule is COc1ccc([C@@H](C)NC(=O)c2cc(=O)[nH]c(-c3ncccn3)n2)cc1. The van der Waals surface area contributed by atoms with Crippen molar-refractivity contribution in [2.45, 2.75) is 13.0 Å². The maximum Gasteiger partial charge on any atom is 0.270 e. The molecule has 0 fully saturated rings. The molecule has 0 spiro atoms. The van der Waals surface area contributed by atoms with Gasteiger partial charge in [0, 0.05) is 18.5 Å². The summed E-state index contributed by atoms with van der Waals surface area (Å²) in [6.07, 6.45) is 3.06. The van der Waals surface area contributed by atoms with Crippen LogP contribution in [0.2, 0.25) is 0 Å². The van der Waals surface area contributed by atoms with E-state index in [4.69, 9.17) is 4.74 Å². The van der Waals surface area contributed by atoms with Gasteiger partial charge < -0.3 is 15.0 Å². The number of carbonyl (C=O) groups is 1. The number of hydrogen-bond donors (Lipinski definition) is 2. The van der Waals surface area contributed by atoms with Crippen molar-refractivity contribution in [1.29, 1.82) is 0 Å². The third-order valence-electron chi connectivity index (χ3n) is 3.72. The van der Waals surface area contributed by atoms with E-state index in [1.54, 1.807) is 13.2 Å². The number of H-pyrrole nitrogens is 1. The molecule has 1 atom stereocenters. The highest BCUT2D eigenvalue weighted by atomic mass is 16.5. The van der Waals surface area contributed by atoms with Gasteiger partial charge in [0.25, 0.3) is 11.5 Å². The predicted octanol–water partition coefficient (Wildman–Crippen LogP) is 1.73. The molecule has 3 rings (SSSR count). The number of rotatable bonds is 5. The van der Waals surface area contributed by atoms with Crippen molar-refractivity contribution >= 4 is 5.91 Å². The molecule has 1 amide bonds. The smallest absolute Gasteiger partial charge is 0.270 e. The first-order valence-electron chi connectivity index (χ1n) is 7.90. The molecule has 1 aromatic carbocycles. The van der Waals surface area contributed by atoms with Gasteiger partial charge in [-0.25, -0.2) is 15.0 Å². The lowest BCUT2D eigenvalue weighted by atomic mass is 10.1. The summed E-state index contributed by atoms with van der Waals surface area (Å²) in [5, 5.41) is 2.82. The maximum absolute atomic E-state index is 12.5. The van der Waals surface area contributed by atoms with Crippen LogP contribution >= 0.6 is 0 Å². The molecule has 0 saturated heterocycles. The molecule has 0 saturated carbocycles. The Morgan fingerprint density at radius 1 is 1.19 bits per heavy atom. The first kappa shape index (κ1) is 17.3. The Labute approximate surface area is 149 Å². The number of nitrogens with one attached hydrogen (secondary N) is 2. The van der Waals surface area contributed by atoms with Crippen LogP contribution in [0.15, 0.2) is 53.6 Å². The predicted molar refractivity (Wildman–Crippen MR) is 94.8 cm³/mol. The van der Waals surface area contributed by atoms with Gasteiger partial charge in [0.1, 0.15) is 11.4 Å². The van der Waals surface area contributed by atoms with E-state index in [1.165, 1.54) is 12.4 Å². The fraction of sp³-hybridized carbons (Fsp3) is 0.167. The minimum Gasteiger partial charge on any atom is -0.497 e. The monoisotopic (exact) mass is 351 g/mol. The molecule has 8 heteroatoms. The highest BCUT2D eigenvalue weighted by Gasteiger charge is 2.15. The van der Waals surface area contributed by atoms with E-state index in [1.807, 2.05) is 31.2 Å². The summed E-state index contributed by atoms with van der Waals surface area (Å²) in [4.78, 5) is 39.1. The molecule has 2 aromatic heterocycles. The Morgan fingerprint density at radius 2 is 1.88 bits per heavy atom. The first-order valence-corrected chi connectivity index (χ1v) is 7.90. The van der Waals surface area contributed by atoms with Crippen LogP contribution in [0.3, 0.4) is 0 Å². The average molecular weight is 351 g/mol. The number of amides is 1. The highest BCUT2D eigenvalue weighted by molar-refractivity contribution is 5.92. The first-order chi connectivity index (χ1) is 12.6. The minimum atomic E-state index is -0.461. The lowest BCUT2D eigenvalue weighted by molar-refractivity contribution is 0.0934. The van der Waals surface area contributed by atoms with Crippen LogP contribution in [-0.2, 0) is 0 Å². The number of nitrogens with zero attached hydrogens (tertiary/aromatic N) is 3. The Hall–Kier alpha value is -3.55. The van der Waals surface area contributed by atoms with Gasteiger partial charge in [0.05, 0.1) is 13.2 Å². The molecular weight excluding hydrogens is 334 g/mol. The van der Waals surface area contributed by atoms with Crippen LogP contribution in [0.25, 0.3) is 11.6 Å². The van der Waals surface area contributed by atoms with Gasteiger partial charge in [0.15, 0.2) is 11.6 Å². The van der Waals surface area contributed by atoms with Crippen molar-refractivity contribution in [2.75, 3.05) is 7.11 Å². The summed E-state index contributed by atoms with van der Waals surface area (Å²) in [6.45, 7) is 1.84. The van der Waals surface area contributed by atoms with Crippen LogP contribution in [0, 0.1) is 0 Å². The molecule has 0 aliphatic heterocycles. The van der Waals surface area contributed by atoms with Gasteiger partial charge in [-0.2, -0.15) is 0 Å². The Balaban J connectivity index is 1.81. The fourth-order valence-electron chi connectivity index (χ4n) is 2.35. The number of aromatic amines is 1. The molecule has 3 aromatic rings. The zero-order chi connectivity index (χ0) is 18.5. The maximum atomic E-state index is 12.5. The molecule has 8 nitrogen and oxygen atoms in total. The Kier molecular flexibility index (Phi) is 5.02. The number of ether oxygens (including phenoxy) is 1. The van der Waals surface area contributed by atoms with Crippen LogP contribution in [-0.4, -0.2) is 33.0 Å². The second kappa shape index (κ2) is 7.56. The normalized spacial score (nSPS) is 11.6. The quantitative estimate of drug-likeness (QED) is 0.724. The van der Waals surface area contributed by atoms with Gasteiger partial charge in [0.2, 0.25) is 0 Å². The minimum absolute atomic E-state index is 0.00318. The number of carbonyl (C=O) groups excluding carboxylic acids is 1. The fourth-order valence-corrected chi connectivity index (χ4v) is 2.35. The van der Waals surface area contributed by atoms with E-state index in [0.717, 1.165) is 17.4 Å². The molecule has 0 aliphatic carbocycles. The van der Waals surface area contributed by atoms with Gasteiger partial charge in [-0.15, -0.1) is 0 Å². The van der Waals surface area contributed by atoms with Gasteiger partial charge in [-0.3, -0.25) is 9.59 Å². The average Bonchev–Trinajstić information content (AvgIpc) is 2.68. The topological polar surface area (TPSA) is 110 Å². The van der Waals surface area contributed by atoms with Crippen LogP contribution < -0.4 is 15.6 Å². The Morgan fingerprint density at radius 3 is 2.54 bits per heavy atom. The molecule has 26 heavy (non-hydrogen) atoms. The van der Waals surface area contributed by atoms with E-state index in [-0.39, 0.29) is 23.4 Å². The zero-order valence-electron chi connectivity index (χ0n) is 14.3. The lowest BCUT2D eigenvalue weighted by Gasteiger charge is -2.14. The largest absolute Gasteiger partial charge is 0.497 e. The summed E-state index contributed by atoms with van der Waals surface area (Å²) in [6, 6.07) is 9.86. The van der Waals surface area contributed by atoms with Gasteiger partial charge >= 0.3 is 0 Å². The van der Waals surface area contributed by atoms with Crippen LogP contribution in [0.1, 0.15) is 29.0 Å². The molecule has 2 heterocycles. The van der Waals surface area contributed by atoms with E-state index < -0.39 is 11.5 Å². The number of methoxy groups -OCH3 is 1. The van der Waals surface area contributed by atoms with E-state index in [9.17, 15) is 9.59 Å². The van der Waals surface area contributed by atoms with E-state index >= 15 is 0 Å². The summed E-state index contributed by atoms with van der Waals surface area (Å²) < 4.78 is 5.12. The molecule has 132 valence electrons. The van der Waals surface area contributed by atoms with E-state index in [2.05, 4.69) is 25.3 Å². The van der Waals surface area contributed by atoms with Crippen LogP contribution in [0.5, 0.6) is 5.75 Å². The molecule has 0 unspecified atom stereocenters. The third kappa shape index (κ3) is 3.92. The summed E-state index contributed by atoms with van der Waals surface area (Å²) in [7, 11) is 1.59. The van der Waals surface area contributed by atoms with Crippen molar-refractivity contribution in [2.24, 2.45) is 0 Å². The van der Waals surface area contributed by atoms with Gasteiger partial charge in [-0.05, 0) is 30.7 Å². The number of hydrogen-bond acceptors (Lipinski definition) is 6. The summed E-state index contributed by atoms with van der Waals surface area (Å²) in [5.41, 5.74) is 0.442. The second-order valence-electron chi connectivity index (χ2n) is 5.52. The van der Waals surface area contributed by atoms with Crippen molar-refractivity contribution in [3.05, 3.63) is 70.4 Å². The molecule has 0 aliphatic rings. The van der Waals surface area contributed by atoms with Crippen LogP contribution in [0.4, 0.5) is 0 Å². The summed E-state index contributed by atoms with van der Waals surface area (Å²) >= 11 is 0. The van der Waals surface area contributed by atoms with Gasteiger partial charge in [-0.1, -0.05) is 12.1 Å². The second-order valence-corrected chi connectivity index (χ2v) is 5.52. The van der Waals surface area contributed by atoms with Crippen molar-refractivity contribution in [1.82, 2.24) is 25.3 Å². The van der Waals surface area contributed by atoms with E-state index in [0.29, 0.717) is 0 Å².